The van der Waals surface area contributed by atoms with Crippen LogP contribution in [0.25, 0.3) is 0 Å². The molecule has 0 heterocycles. The predicted octanol–water partition coefficient (Wildman–Crippen LogP) is 2.86. The molecule has 80 valence electrons. The monoisotopic (exact) mass is 270 g/mol. The fraction of sp³-hybridized carbons (Fsp3) is 0.182. The van der Waals surface area contributed by atoms with Crippen molar-refractivity contribution in [1.82, 2.24) is 0 Å². The van der Waals surface area contributed by atoms with E-state index < -0.39 is 5.97 Å². The lowest BCUT2D eigenvalue weighted by molar-refractivity contribution is -0.129. The molecule has 0 atom stereocenters. The normalized spacial score (nSPS) is 9.53. The number of carbonyl (C=O) groups is 1. The minimum Gasteiger partial charge on any atom is -0.496 e. The average Bonchev–Trinajstić information content (AvgIpc) is 2.24. The molecule has 0 aliphatic rings. The van der Waals surface area contributed by atoms with Crippen molar-refractivity contribution >= 4 is 21.9 Å². The highest BCUT2D eigenvalue weighted by Crippen LogP contribution is 2.34. The Hall–Kier alpha value is -1.29. The minimum absolute atomic E-state index is 0.458. The SMILES string of the molecule is C=CC(=O)Oc1c(Br)ccc(OC)c1C. The Balaban J connectivity index is 3.14. The Labute approximate surface area is 96.8 Å². The number of carbonyl (C=O) groups excluding carboxylic acids is 1. The molecule has 1 rings (SSSR count). The van der Waals surface area contributed by atoms with Crippen LogP contribution in [-0.2, 0) is 4.79 Å². The molecule has 0 fully saturated rings. The zero-order chi connectivity index (χ0) is 11.4. The molecule has 3 nitrogen and oxygen atoms in total. The van der Waals surface area contributed by atoms with Crippen molar-refractivity contribution in [2.24, 2.45) is 0 Å². The number of ether oxygens (including phenoxy) is 2. The molecule has 15 heavy (non-hydrogen) atoms. The molecule has 1 aromatic carbocycles. The first kappa shape index (κ1) is 11.8. The van der Waals surface area contributed by atoms with Gasteiger partial charge in [0.15, 0.2) is 5.75 Å². The van der Waals surface area contributed by atoms with Crippen LogP contribution in [0.3, 0.4) is 0 Å². The lowest BCUT2D eigenvalue weighted by Gasteiger charge is -2.11. The molecule has 0 aliphatic carbocycles. The van der Waals surface area contributed by atoms with Gasteiger partial charge in [0.1, 0.15) is 5.75 Å². The molecule has 0 aliphatic heterocycles. The summed E-state index contributed by atoms with van der Waals surface area (Å²) in [6, 6.07) is 3.56. The zero-order valence-electron chi connectivity index (χ0n) is 8.54. The molecule has 0 radical (unpaired) electrons. The first-order chi connectivity index (χ1) is 7.10. The van der Waals surface area contributed by atoms with Crippen LogP contribution in [0.15, 0.2) is 29.3 Å². The Morgan fingerprint density at radius 1 is 1.53 bits per heavy atom. The third-order valence-electron chi connectivity index (χ3n) is 1.90. The standard InChI is InChI=1S/C11H11BrO3/c1-4-10(13)15-11-7(2)9(14-3)6-5-8(11)12/h4-6H,1H2,2-3H3. The number of methoxy groups -OCH3 is 1. The second kappa shape index (κ2) is 4.98. The largest absolute Gasteiger partial charge is 0.496 e. The molecule has 0 saturated carbocycles. The second-order valence-electron chi connectivity index (χ2n) is 2.83. The van der Waals surface area contributed by atoms with Gasteiger partial charge in [-0.05, 0) is 35.0 Å². The third-order valence-corrected chi connectivity index (χ3v) is 2.52. The van der Waals surface area contributed by atoms with Crippen molar-refractivity contribution in [2.75, 3.05) is 7.11 Å². The lowest BCUT2D eigenvalue weighted by Crippen LogP contribution is -2.05. The van der Waals surface area contributed by atoms with Gasteiger partial charge in [-0.1, -0.05) is 6.58 Å². The van der Waals surface area contributed by atoms with Gasteiger partial charge in [-0.15, -0.1) is 0 Å². The van der Waals surface area contributed by atoms with E-state index in [-0.39, 0.29) is 0 Å². The van der Waals surface area contributed by atoms with Crippen LogP contribution in [-0.4, -0.2) is 13.1 Å². The predicted molar refractivity (Wildman–Crippen MR) is 61.3 cm³/mol. The number of benzene rings is 1. The first-order valence-corrected chi connectivity index (χ1v) is 5.06. The summed E-state index contributed by atoms with van der Waals surface area (Å²) in [5.41, 5.74) is 0.766. The number of esters is 1. The summed E-state index contributed by atoms with van der Waals surface area (Å²) in [7, 11) is 1.56. The van der Waals surface area contributed by atoms with E-state index in [2.05, 4.69) is 22.5 Å². The molecule has 0 amide bonds. The zero-order valence-corrected chi connectivity index (χ0v) is 10.1. The van der Waals surface area contributed by atoms with Crippen LogP contribution in [0.4, 0.5) is 0 Å². The smallest absolute Gasteiger partial charge is 0.335 e. The van der Waals surface area contributed by atoms with Crippen molar-refractivity contribution < 1.29 is 14.3 Å². The molecule has 0 spiro atoms. The van der Waals surface area contributed by atoms with Gasteiger partial charge in [0.05, 0.1) is 11.6 Å². The van der Waals surface area contributed by atoms with Gasteiger partial charge in [0.25, 0.3) is 0 Å². The molecule has 1 aromatic rings. The molecule has 0 bridgehead atoms. The van der Waals surface area contributed by atoms with Crippen molar-refractivity contribution in [2.45, 2.75) is 6.92 Å². The van der Waals surface area contributed by atoms with E-state index in [0.29, 0.717) is 16.0 Å². The number of hydrogen-bond acceptors (Lipinski definition) is 3. The van der Waals surface area contributed by atoms with Crippen LogP contribution < -0.4 is 9.47 Å². The summed E-state index contributed by atoms with van der Waals surface area (Å²) in [6.45, 7) is 5.15. The Kier molecular flexibility index (Phi) is 3.91. The molecule has 0 saturated heterocycles. The molecule has 0 aromatic heterocycles. The Morgan fingerprint density at radius 3 is 2.73 bits per heavy atom. The summed E-state index contributed by atoms with van der Waals surface area (Å²) < 4.78 is 10.9. The van der Waals surface area contributed by atoms with Gasteiger partial charge < -0.3 is 9.47 Å². The molecular weight excluding hydrogens is 260 g/mol. The van der Waals surface area contributed by atoms with E-state index in [1.54, 1.807) is 19.2 Å². The van der Waals surface area contributed by atoms with Crippen LogP contribution in [0.2, 0.25) is 0 Å². The number of halogens is 1. The third kappa shape index (κ3) is 2.59. The summed E-state index contributed by atoms with van der Waals surface area (Å²) >= 11 is 3.30. The summed E-state index contributed by atoms with van der Waals surface area (Å²) in [5.74, 6) is 0.636. The van der Waals surface area contributed by atoms with Gasteiger partial charge in [0, 0.05) is 11.6 Å². The Bertz CT molecular complexity index is 399. The van der Waals surface area contributed by atoms with E-state index in [9.17, 15) is 4.79 Å². The first-order valence-electron chi connectivity index (χ1n) is 4.27. The average molecular weight is 271 g/mol. The molecule has 4 heteroatoms. The second-order valence-corrected chi connectivity index (χ2v) is 3.68. The van der Waals surface area contributed by atoms with Gasteiger partial charge in [-0.3, -0.25) is 0 Å². The summed E-state index contributed by atoms with van der Waals surface area (Å²) in [6.07, 6.45) is 1.12. The number of hydrogen-bond donors (Lipinski definition) is 0. The highest BCUT2D eigenvalue weighted by molar-refractivity contribution is 9.10. The van der Waals surface area contributed by atoms with Gasteiger partial charge >= 0.3 is 5.97 Å². The fourth-order valence-electron chi connectivity index (χ4n) is 1.13. The maximum absolute atomic E-state index is 11.1. The lowest BCUT2D eigenvalue weighted by atomic mass is 10.2. The number of rotatable bonds is 3. The topological polar surface area (TPSA) is 35.5 Å². The minimum atomic E-state index is -0.493. The molecule has 0 N–H and O–H groups in total. The highest BCUT2D eigenvalue weighted by atomic mass is 79.9. The van der Waals surface area contributed by atoms with Crippen LogP contribution in [0.1, 0.15) is 5.56 Å². The Morgan fingerprint density at radius 2 is 2.20 bits per heavy atom. The van der Waals surface area contributed by atoms with Crippen LogP contribution >= 0.6 is 15.9 Å². The van der Waals surface area contributed by atoms with Crippen molar-refractivity contribution in [3.8, 4) is 11.5 Å². The van der Waals surface area contributed by atoms with E-state index in [1.807, 2.05) is 6.92 Å². The summed E-state index contributed by atoms with van der Waals surface area (Å²) in [5, 5.41) is 0. The van der Waals surface area contributed by atoms with Gasteiger partial charge in [-0.2, -0.15) is 0 Å². The molecular formula is C11H11BrO3. The summed E-state index contributed by atoms with van der Waals surface area (Å²) in [4.78, 5) is 11.1. The van der Waals surface area contributed by atoms with E-state index in [0.717, 1.165) is 11.6 Å². The fourth-order valence-corrected chi connectivity index (χ4v) is 1.64. The van der Waals surface area contributed by atoms with E-state index >= 15 is 0 Å². The van der Waals surface area contributed by atoms with Crippen LogP contribution in [0, 0.1) is 6.92 Å². The van der Waals surface area contributed by atoms with Crippen molar-refractivity contribution in [3.63, 3.8) is 0 Å². The van der Waals surface area contributed by atoms with Crippen molar-refractivity contribution in [1.29, 1.82) is 0 Å². The highest BCUT2D eigenvalue weighted by Gasteiger charge is 2.12. The van der Waals surface area contributed by atoms with Crippen molar-refractivity contribution in [3.05, 3.63) is 34.8 Å². The van der Waals surface area contributed by atoms with E-state index in [4.69, 9.17) is 9.47 Å². The maximum Gasteiger partial charge on any atom is 0.335 e. The molecule has 0 unspecified atom stereocenters. The van der Waals surface area contributed by atoms with Gasteiger partial charge in [-0.25, -0.2) is 4.79 Å². The van der Waals surface area contributed by atoms with Crippen LogP contribution in [0.5, 0.6) is 11.5 Å². The van der Waals surface area contributed by atoms with Gasteiger partial charge in [0.2, 0.25) is 0 Å². The van der Waals surface area contributed by atoms with E-state index in [1.165, 1.54) is 0 Å². The quantitative estimate of drug-likeness (QED) is 0.481. The maximum atomic E-state index is 11.1.